The summed E-state index contributed by atoms with van der Waals surface area (Å²) in [7, 11) is 0. The highest BCUT2D eigenvalue weighted by atomic mass is 35.5. The summed E-state index contributed by atoms with van der Waals surface area (Å²) in [5.41, 5.74) is 1.21. The number of benzene rings is 2. The summed E-state index contributed by atoms with van der Waals surface area (Å²) in [6.45, 7) is 0.466. The van der Waals surface area contributed by atoms with Gasteiger partial charge < -0.3 is 9.84 Å². The van der Waals surface area contributed by atoms with Crippen molar-refractivity contribution >= 4 is 22.5 Å². The standard InChI is InChI=1S/C17H16ClN3O3/c18-13-7-5-12(6-8-13)10-24-11-14(22)9-21-17(23)15-3-1-2-4-16(15)19-20-21/h1-8,14,22H,9-11H2. The van der Waals surface area contributed by atoms with Crippen molar-refractivity contribution in [3.8, 4) is 0 Å². The van der Waals surface area contributed by atoms with E-state index in [1.54, 1.807) is 36.4 Å². The van der Waals surface area contributed by atoms with E-state index < -0.39 is 6.10 Å². The minimum absolute atomic E-state index is 0.0251. The van der Waals surface area contributed by atoms with Gasteiger partial charge in [-0.1, -0.05) is 41.1 Å². The van der Waals surface area contributed by atoms with E-state index in [-0.39, 0.29) is 18.7 Å². The van der Waals surface area contributed by atoms with Crippen LogP contribution >= 0.6 is 11.6 Å². The van der Waals surface area contributed by atoms with Crippen LogP contribution in [0.2, 0.25) is 5.02 Å². The first-order valence-electron chi connectivity index (χ1n) is 7.46. The summed E-state index contributed by atoms with van der Waals surface area (Å²) < 4.78 is 6.62. The minimum atomic E-state index is -0.856. The molecule has 0 amide bonds. The van der Waals surface area contributed by atoms with Crippen LogP contribution in [0.4, 0.5) is 0 Å². The maximum atomic E-state index is 12.3. The van der Waals surface area contributed by atoms with Crippen LogP contribution in [0.1, 0.15) is 5.56 Å². The van der Waals surface area contributed by atoms with Crippen LogP contribution in [0.5, 0.6) is 0 Å². The number of halogens is 1. The van der Waals surface area contributed by atoms with Gasteiger partial charge >= 0.3 is 0 Å². The molecule has 3 aromatic rings. The first-order valence-corrected chi connectivity index (χ1v) is 7.84. The predicted octanol–water partition coefficient (Wildman–Crippen LogP) is 2.02. The van der Waals surface area contributed by atoms with E-state index >= 15 is 0 Å². The summed E-state index contributed by atoms with van der Waals surface area (Å²) in [5.74, 6) is 0. The van der Waals surface area contributed by atoms with Gasteiger partial charge in [0.1, 0.15) is 5.52 Å². The fraction of sp³-hybridized carbons (Fsp3) is 0.235. The van der Waals surface area contributed by atoms with E-state index in [4.69, 9.17) is 16.3 Å². The quantitative estimate of drug-likeness (QED) is 0.739. The number of rotatable bonds is 6. The third-order valence-electron chi connectivity index (χ3n) is 3.51. The Morgan fingerprint density at radius 1 is 1.17 bits per heavy atom. The maximum absolute atomic E-state index is 12.3. The van der Waals surface area contributed by atoms with Crippen molar-refractivity contribution in [3.63, 3.8) is 0 Å². The fourth-order valence-corrected chi connectivity index (χ4v) is 2.41. The molecule has 0 bridgehead atoms. The van der Waals surface area contributed by atoms with Gasteiger partial charge in [-0.15, -0.1) is 5.10 Å². The van der Waals surface area contributed by atoms with Gasteiger partial charge in [0.2, 0.25) is 0 Å². The Balaban J connectivity index is 1.58. The van der Waals surface area contributed by atoms with Gasteiger partial charge in [-0.25, -0.2) is 4.68 Å². The summed E-state index contributed by atoms with van der Waals surface area (Å²) >= 11 is 5.82. The highest BCUT2D eigenvalue weighted by Gasteiger charge is 2.10. The number of aromatic nitrogens is 3. The molecule has 3 rings (SSSR count). The van der Waals surface area contributed by atoms with Crippen LogP contribution in [0.25, 0.3) is 10.9 Å². The molecule has 7 heteroatoms. The number of ether oxygens (including phenoxy) is 1. The second-order valence-electron chi connectivity index (χ2n) is 5.39. The molecular weight excluding hydrogens is 330 g/mol. The molecule has 0 aliphatic heterocycles. The predicted molar refractivity (Wildman–Crippen MR) is 90.9 cm³/mol. The Labute approximate surface area is 143 Å². The molecule has 1 atom stereocenters. The molecule has 0 saturated carbocycles. The van der Waals surface area contributed by atoms with E-state index in [0.29, 0.717) is 22.5 Å². The number of hydrogen-bond donors (Lipinski definition) is 1. The summed E-state index contributed by atoms with van der Waals surface area (Å²) in [6, 6.07) is 14.2. The highest BCUT2D eigenvalue weighted by molar-refractivity contribution is 6.30. The maximum Gasteiger partial charge on any atom is 0.277 e. The van der Waals surface area contributed by atoms with Crippen molar-refractivity contribution in [2.45, 2.75) is 19.3 Å². The average molecular weight is 346 g/mol. The topological polar surface area (TPSA) is 77.2 Å². The highest BCUT2D eigenvalue weighted by Crippen LogP contribution is 2.10. The minimum Gasteiger partial charge on any atom is -0.389 e. The lowest BCUT2D eigenvalue weighted by molar-refractivity contribution is 0.0177. The number of fused-ring (bicyclic) bond motifs is 1. The molecule has 1 unspecified atom stereocenters. The Hall–Kier alpha value is -2.28. The van der Waals surface area contributed by atoms with Crippen molar-refractivity contribution < 1.29 is 9.84 Å². The molecule has 0 fully saturated rings. The molecule has 2 aromatic carbocycles. The van der Waals surface area contributed by atoms with Crippen LogP contribution < -0.4 is 5.56 Å². The monoisotopic (exact) mass is 345 g/mol. The molecule has 0 saturated heterocycles. The van der Waals surface area contributed by atoms with Gasteiger partial charge in [-0.3, -0.25) is 4.79 Å². The lowest BCUT2D eigenvalue weighted by Crippen LogP contribution is -2.31. The van der Waals surface area contributed by atoms with Crippen molar-refractivity contribution in [2.24, 2.45) is 0 Å². The van der Waals surface area contributed by atoms with Crippen LogP contribution in [-0.2, 0) is 17.9 Å². The molecule has 0 radical (unpaired) electrons. The van der Waals surface area contributed by atoms with E-state index in [9.17, 15) is 9.90 Å². The molecule has 0 aliphatic rings. The molecule has 6 nitrogen and oxygen atoms in total. The Kier molecular flexibility index (Phi) is 5.20. The van der Waals surface area contributed by atoms with Crippen molar-refractivity contribution in [2.75, 3.05) is 6.61 Å². The van der Waals surface area contributed by atoms with Crippen LogP contribution in [0, 0.1) is 0 Å². The average Bonchev–Trinajstić information content (AvgIpc) is 2.59. The number of aliphatic hydroxyl groups excluding tert-OH is 1. The normalized spacial score (nSPS) is 12.4. The Morgan fingerprint density at radius 2 is 1.92 bits per heavy atom. The lowest BCUT2D eigenvalue weighted by Gasteiger charge is -2.12. The molecule has 1 aromatic heterocycles. The van der Waals surface area contributed by atoms with Crippen molar-refractivity contribution in [3.05, 3.63) is 69.5 Å². The molecule has 24 heavy (non-hydrogen) atoms. The largest absolute Gasteiger partial charge is 0.389 e. The molecule has 1 heterocycles. The zero-order valence-electron chi connectivity index (χ0n) is 12.8. The van der Waals surface area contributed by atoms with E-state index in [1.807, 2.05) is 12.1 Å². The van der Waals surface area contributed by atoms with E-state index in [0.717, 1.165) is 10.2 Å². The van der Waals surface area contributed by atoms with Gasteiger partial charge in [0.15, 0.2) is 0 Å². The van der Waals surface area contributed by atoms with Crippen LogP contribution in [-0.4, -0.2) is 32.8 Å². The molecule has 0 spiro atoms. The SMILES string of the molecule is O=c1c2ccccc2nnn1CC(O)COCc1ccc(Cl)cc1. The van der Waals surface area contributed by atoms with Crippen LogP contribution in [0.3, 0.4) is 0 Å². The first kappa shape index (κ1) is 16.6. The van der Waals surface area contributed by atoms with Gasteiger partial charge in [0, 0.05) is 5.02 Å². The fourth-order valence-electron chi connectivity index (χ4n) is 2.29. The van der Waals surface area contributed by atoms with Gasteiger partial charge in [-0.05, 0) is 29.8 Å². The molecular formula is C17H16ClN3O3. The summed E-state index contributed by atoms with van der Waals surface area (Å²) in [6.07, 6.45) is -0.856. The summed E-state index contributed by atoms with van der Waals surface area (Å²) in [5, 5.41) is 19.0. The summed E-state index contributed by atoms with van der Waals surface area (Å²) in [4.78, 5) is 12.3. The van der Waals surface area contributed by atoms with E-state index in [1.165, 1.54) is 0 Å². The second kappa shape index (κ2) is 7.53. The molecule has 124 valence electrons. The van der Waals surface area contributed by atoms with Gasteiger partial charge in [-0.2, -0.15) is 0 Å². The smallest absolute Gasteiger partial charge is 0.277 e. The third-order valence-corrected chi connectivity index (χ3v) is 3.76. The Morgan fingerprint density at radius 3 is 2.71 bits per heavy atom. The van der Waals surface area contributed by atoms with Gasteiger partial charge in [0.05, 0.1) is 31.2 Å². The number of hydrogen-bond acceptors (Lipinski definition) is 5. The van der Waals surface area contributed by atoms with E-state index in [2.05, 4.69) is 10.3 Å². The molecule has 1 N–H and O–H groups in total. The molecule has 0 aliphatic carbocycles. The van der Waals surface area contributed by atoms with Crippen LogP contribution in [0.15, 0.2) is 53.3 Å². The number of nitrogens with zero attached hydrogens (tertiary/aromatic N) is 3. The second-order valence-corrected chi connectivity index (χ2v) is 5.83. The van der Waals surface area contributed by atoms with Gasteiger partial charge in [0.25, 0.3) is 5.56 Å². The Bertz CT molecular complexity index is 880. The lowest BCUT2D eigenvalue weighted by atomic mass is 10.2. The third kappa shape index (κ3) is 3.97. The zero-order chi connectivity index (χ0) is 16.9. The van der Waals surface area contributed by atoms with Crippen molar-refractivity contribution in [1.29, 1.82) is 0 Å². The first-order chi connectivity index (χ1) is 11.6. The van der Waals surface area contributed by atoms with Crippen molar-refractivity contribution in [1.82, 2.24) is 15.0 Å². The zero-order valence-corrected chi connectivity index (χ0v) is 13.6. The number of aliphatic hydroxyl groups is 1.